The largest absolute Gasteiger partial charge is 0.366 e. The molecule has 6 nitrogen and oxygen atoms in total. The van der Waals surface area contributed by atoms with Gasteiger partial charge in [0.25, 0.3) is 0 Å². The van der Waals surface area contributed by atoms with E-state index < -0.39 is 11.9 Å². The van der Waals surface area contributed by atoms with Crippen LogP contribution in [-0.2, 0) is 14.4 Å². The molecule has 2 N–H and O–H groups in total. The molecule has 1 heterocycles. The second kappa shape index (κ2) is 5.47. The van der Waals surface area contributed by atoms with E-state index >= 15 is 0 Å². The summed E-state index contributed by atoms with van der Waals surface area (Å²) in [5.41, 5.74) is 4.84. The Balaban J connectivity index is 2.29. The van der Waals surface area contributed by atoms with Gasteiger partial charge in [0, 0.05) is 38.3 Å². The molecular formula is C9H15N3O3. The fourth-order valence-electron chi connectivity index (χ4n) is 1.19. The number of hydroxylamine groups is 2. The normalized spacial score (nSPS) is 19.3. The highest BCUT2D eigenvalue weighted by molar-refractivity contribution is 5.93. The topological polar surface area (TPSA) is 75.9 Å². The highest BCUT2D eigenvalue weighted by Gasteiger charge is 2.16. The van der Waals surface area contributed by atoms with Crippen LogP contribution in [0.3, 0.4) is 0 Å². The summed E-state index contributed by atoms with van der Waals surface area (Å²) in [4.78, 5) is 28.6. The van der Waals surface area contributed by atoms with Crippen LogP contribution in [-0.4, -0.2) is 55.1 Å². The van der Waals surface area contributed by atoms with Gasteiger partial charge >= 0.3 is 5.97 Å². The number of likely N-dealkylation sites (N-methyl/N-ethyl adjacent to an activating group) is 1. The highest BCUT2D eigenvalue weighted by atomic mass is 16.7. The first-order valence-electron chi connectivity index (χ1n) is 4.71. The van der Waals surface area contributed by atoms with Crippen LogP contribution >= 0.6 is 0 Å². The molecule has 84 valence electrons. The molecule has 1 amide bonds. The van der Waals surface area contributed by atoms with Crippen molar-refractivity contribution < 1.29 is 14.4 Å². The molecule has 1 aliphatic rings. The number of nitrogens with zero attached hydrogens (tertiary/aromatic N) is 2. The Kier molecular flexibility index (Phi) is 4.26. The van der Waals surface area contributed by atoms with E-state index in [0.29, 0.717) is 13.1 Å². The van der Waals surface area contributed by atoms with Crippen LogP contribution in [0.25, 0.3) is 0 Å². The van der Waals surface area contributed by atoms with Crippen LogP contribution in [0.15, 0.2) is 12.2 Å². The van der Waals surface area contributed by atoms with Gasteiger partial charge in [-0.15, -0.1) is 5.06 Å². The van der Waals surface area contributed by atoms with Crippen LogP contribution in [0.2, 0.25) is 0 Å². The van der Waals surface area contributed by atoms with E-state index in [0.717, 1.165) is 25.2 Å². The molecule has 1 rings (SSSR count). The number of carbonyl (C=O) groups is 2. The number of hydrogen-bond acceptors (Lipinski definition) is 5. The zero-order valence-corrected chi connectivity index (χ0v) is 8.68. The van der Waals surface area contributed by atoms with E-state index in [4.69, 9.17) is 10.6 Å². The van der Waals surface area contributed by atoms with Crippen molar-refractivity contribution in [3.63, 3.8) is 0 Å². The number of piperazine rings is 1. The molecular weight excluding hydrogens is 198 g/mol. The fraction of sp³-hybridized carbons (Fsp3) is 0.556. The molecule has 1 saturated heterocycles. The Labute approximate surface area is 88.2 Å². The lowest BCUT2D eigenvalue weighted by atomic mass is 10.4. The first-order chi connectivity index (χ1) is 7.08. The molecule has 6 heteroatoms. The van der Waals surface area contributed by atoms with Gasteiger partial charge in [-0.25, -0.2) is 4.79 Å². The SMILES string of the molecule is CN1CCN(OC(=O)/C=C\C(N)=O)CC1. The second-order valence-electron chi connectivity index (χ2n) is 3.38. The lowest BCUT2D eigenvalue weighted by Gasteiger charge is -2.30. The van der Waals surface area contributed by atoms with Crippen LogP contribution < -0.4 is 5.73 Å². The smallest absolute Gasteiger partial charge is 0.349 e. The summed E-state index contributed by atoms with van der Waals surface area (Å²) >= 11 is 0. The number of carbonyl (C=O) groups excluding carboxylic acids is 2. The Bertz CT molecular complexity index is 270. The molecule has 1 aliphatic heterocycles. The molecule has 0 saturated carbocycles. The van der Waals surface area contributed by atoms with Crippen molar-refractivity contribution >= 4 is 11.9 Å². The van der Waals surface area contributed by atoms with E-state index in [1.165, 1.54) is 0 Å². The lowest BCUT2D eigenvalue weighted by molar-refractivity contribution is -0.190. The molecule has 1 fully saturated rings. The van der Waals surface area contributed by atoms with E-state index in [1.807, 2.05) is 7.05 Å². The minimum absolute atomic E-state index is 0.571. The quantitative estimate of drug-likeness (QED) is 0.592. The third-order valence-electron chi connectivity index (χ3n) is 2.06. The molecule has 15 heavy (non-hydrogen) atoms. The maximum absolute atomic E-state index is 11.1. The van der Waals surface area contributed by atoms with Crippen molar-refractivity contribution in [1.29, 1.82) is 0 Å². The fourth-order valence-corrected chi connectivity index (χ4v) is 1.19. The predicted molar refractivity (Wildman–Crippen MR) is 53.5 cm³/mol. The van der Waals surface area contributed by atoms with E-state index in [-0.39, 0.29) is 0 Å². The van der Waals surface area contributed by atoms with Gasteiger partial charge in [0.15, 0.2) is 0 Å². The van der Waals surface area contributed by atoms with Gasteiger partial charge in [-0.3, -0.25) is 4.79 Å². The van der Waals surface area contributed by atoms with Gasteiger partial charge in [0.1, 0.15) is 0 Å². The van der Waals surface area contributed by atoms with Crippen molar-refractivity contribution in [3.8, 4) is 0 Å². The summed E-state index contributed by atoms with van der Waals surface area (Å²) in [6.07, 6.45) is 2.01. The average molecular weight is 213 g/mol. The molecule has 0 aromatic heterocycles. The minimum Gasteiger partial charge on any atom is -0.366 e. The Morgan fingerprint density at radius 3 is 2.33 bits per heavy atom. The van der Waals surface area contributed by atoms with Gasteiger partial charge in [-0.1, -0.05) is 0 Å². The maximum Gasteiger partial charge on any atom is 0.349 e. The summed E-state index contributed by atoms with van der Waals surface area (Å²) in [5, 5.41) is 1.58. The number of primary amides is 1. The molecule has 0 atom stereocenters. The van der Waals surface area contributed by atoms with Crippen LogP contribution in [0, 0.1) is 0 Å². The molecule has 0 aromatic carbocycles. The summed E-state index contributed by atoms with van der Waals surface area (Å²) in [5.74, 6) is -1.23. The molecule has 0 radical (unpaired) electrons. The van der Waals surface area contributed by atoms with E-state index in [2.05, 4.69) is 4.90 Å². The molecule has 0 unspecified atom stereocenters. The van der Waals surface area contributed by atoms with Crippen molar-refractivity contribution in [1.82, 2.24) is 9.96 Å². The van der Waals surface area contributed by atoms with Crippen LogP contribution in [0.1, 0.15) is 0 Å². The van der Waals surface area contributed by atoms with Crippen molar-refractivity contribution in [3.05, 3.63) is 12.2 Å². The lowest BCUT2D eigenvalue weighted by Crippen LogP contribution is -2.45. The Morgan fingerprint density at radius 1 is 1.20 bits per heavy atom. The minimum atomic E-state index is -0.662. The predicted octanol–water partition coefficient (Wildman–Crippen LogP) is -1.27. The van der Waals surface area contributed by atoms with Crippen molar-refractivity contribution in [2.45, 2.75) is 0 Å². The second-order valence-corrected chi connectivity index (χ2v) is 3.38. The number of amides is 1. The maximum atomic E-state index is 11.1. The molecule has 0 bridgehead atoms. The van der Waals surface area contributed by atoms with Crippen molar-refractivity contribution in [2.75, 3.05) is 33.2 Å². The summed E-state index contributed by atoms with van der Waals surface area (Å²) in [6, 6.07) is 0. The first kappa shape index (κ1) is 11.7. The Hall–Kier alpha value is -1.40. The number of rotatable bonds is 3. The zero-order chi connectivity index (χ0) is 11.3. The van der Waals surface area contributed by atoms with Crippen molar-refractivity contribution in [2.24, 2.45) is 5.73 Å². The standard InChI is InChI=1S/C9H15N3O3/c1-11-4-6-12(7-5-11)15-9(14)3-2-8(10)13/h2-3H,4-7H2,1H3,(H2,10,13)/b3-2-. The van der Waals surface area contributed by atoms with Gasteiger partial charge in [-0.2, -0.15) is 0 Å². The average Bonchev–Trinajstić information content (AvgIpc) is 2.19. The van der Waals surface area contributed by atoms with E-state index in [1.54, 1.807) is 5.06 Å². The first-order valence-corrected chi connectivity index (χ1v) is 4.71. The monoisotopic (exact) mass is 213 g/mol. The Morgan fingerprint density at radius 2 is 1.80 bits per heavy atom. The van der Waals surface area contributed by atoms with Gasteiger partial charge < -0.3 is 15.5 Å². The highest BCUT2D eigenvalue weighted by Crippen LogP contribution is 2.00. The zero-order valence-electron chi connectivity index (χ0n) is 8.68. The van der Waals surface area contributed by atoms with Gasteiger partial charge in [-0.05, 0) is 7.05 Å². The third-order valence-corrected chi connectivity index (χ3v) is 2.06. The number of hydrogen-bond donors (Lipinski definition) is 1. The van der Waals surface area contributed by atoms with E-state index in [9.17, 15) is 9.59 Å². The van der Waals surface area contributed by atoms with Crippen LogP contribution in [0.4, 0.5) is 0 Å². The summed E-state index contributed by atoms with van der Waals surface area (Å²) in [7, 11) is 2.01. The molecule has 0 aliphatic carbocycles. The molecule has 0 spiro atoms. The molecule has 0 aromatic rings. The van der Waals surface area contributed by atoms with Gasteiger partial charge in [0.2, 0.25) is 5.91 Å². The third kappa shape index (κ3) is 4.57. The van der Waals surface area contributed by atoms with Gasteiger partial charge in [0.05, 0.1) is 0 Å². The number of nitrogens with two attached hydrogens (primary N) is 1. The van der Waals surface area contributed by atoms with Crippen LogP contribution in [0.5, 0.6) is 0 Å². The summed E-state index contributed by atoms with van der Waals surface area (Å²) in [6.45, 7) is 3.05. The summed E-state index contributed by atoms with van der Waals surface area (Å²) < 4.78 is 0.